The third kappa shape index (κ3) is 6.40. The molecule has 0 radical (unpaired) electrons. The van der Waals surface area contributed by atoms with Gasteiger partial charge in [0, 0.05) is 23.2 Å². The Morgan fingerprint density at radius 2 is 1.80 bits per heavy atom. The molecular weight excluding hydrogens is 527 g/mol. The Morgan fingerprint density at radius 1 is 1.03 bits per heavy atom. The van der Waals surface area contributed by atoms with E-state index in [1.807, 2.05) is 37.3 Å². The minimum atomic E-state index is -0.276. The number of hydrogen-bond acceptors (Lipinski definition) is 7. The molecule has 2 N–H and O–H groups in total. The summed E-state index contributed by atoms with van der Waals surface area (Å²) in [6, 6.07) is 14.7. The summed E-state index contributed by atoms with van der Waals surface area (Å²) in [4.78, 5) is 30.5. The van der Waals surface area contributed by atoms with Crippen molar-refractivity contribution < 1.29 is 9.59 Å². The van der Waals surface area contributed by atoms with Crippen molar-refractivity contribution in [3.8, 4) is 11.3 Å². The summed E-state index contributed by atoms with van der Waals surface area (Å²) in [6.45, 7) is 1.98. The Bertz CT molecular complexity index is 1370. The molecule has 180 valence electrons. The summed E-state index contributed by atoms with van der Waals surface area (Å²) in [5, 5.41) is 15.6. The number of amides is 2. The van der Waals surface area contributed by atoms with Crippen molar-refractivity contribution >= 4 is 68.9 Å². The third-order valence-corrected chi connectivity index (χ3v) is 7.52. The summed E-state index contributed by atoms with van der Waals surface area (Å²) in [5.74, 6) is 0.112. The van der Waals surface area contributed by atoms with Gasteiger partial charge >= 0.3 is 0 Å². The fourth-order valence-corrected chi connectivity index (χ4v) is 5.03. The van der Waals surface area contributed by atoms with E-state index in [2.05, 4.69) is 25.8 Å². The number of hydrogen-bond donors (Lipinski definition) is 2. The lowest BCUT2D eigenvalue weighted by Gasteiger charge is -2.07. The zero-order valence-corrected chi connectivity index (χ0v) is 21.9. The molecular formula is C23H20Cl2N6O2S2. The van der Waals surface area contributed by atoms with Crippen molar-refractivity contribution in [1.82, 2.24) is 19.7 Å². The zero-order valence-electron chi connectivity index (χ0n) is 18.7. The average molecular weight is 547 g/mol. The van der Waals surface area contributed by atoms with Crippen LogP contribution in [0.3, 0.4) is 0 Å². The second kappa shape index (κ2) is 11.2. The van der Waals surface area contributed by atoms with Crippen molar-refractivity contribution in [3.05, 3.63) is 69.3 Å². The molecule has 0 aliphatic carbocycles. The Morgan fingerprint density at radius 3 is 2.54 bits per heavy atom. The number of carbonyl (C=O) groups excluding carboxylic acids is 2. The molecule has 2 aromatic carbocycles. The van der Waals surface area contributed by atoms with Crippen molar-refractivity contribution in [2.45, 2.75) is 18.5 Å². The van der Waals surface area contributed by atoms with E-state index in [0.717, 1.165) is 16.1 Å². The van der Waals surface area contributed by atoms with Crippen LogP contribution >= 0.6 is 46.3 Å². The van der Waals surface area contributed by atoms with Crippen molar-refractivity contribution in [3.63, 3.8) is 0 Å². The fourth-order valence-electron chi connectivity index (χ4n) is 3.15. The molecule has 35 heavy (non-hydrogen) atoms. The number of aryl methyl sites for hydroxylation is 1. The highest BCUT2D eigenvalue weighted by Crippen LogP contribution is 2.30. The van der Waals surface area contributed by atoms with Crippen LogP contribution < -0.4 is 10.6 Å². The Kier molecular flexibility index (Phi) is 8.07. The van der Waals surface area contributed by atoms with E-state index >= 15 is 0 Å². The highest BCUT2D eigenvalue weighted by atomic mass is 35.5. The fraction of sp³-hybridized carbons (Fsp3) is 0.174. The number of carbonyl (C=O) groups is 2. The maximum atomic E-state index is 12.5. The number of thiazole rings is 1. The number of thioether (sulfide) groups is 1. The summed E-state index contributed by atoms with van der Waals surface area (Å²) in [5.41, 5.74) is 2.40. The number of aromatic nitrogens is 4. The molecule has 0 spiro atoms. The van der Waals surface area contributed by atoms with Gasteiger partial charge < -0.3 is 15.2 Å². The molecule has 0 saturated heterocycles. The van der Waals surface area contributed by atoms with E-state index in [-0.39, 0.29) is 24.0 Å². The second-order valence-electron chi connectivity index (χ2n) is 7.44. The smallest absolute Gasteiger partial charge is 0.236 e. The molecule has 8 nitrogen and oxygen atoms in total. The lowest BCUT2D eigenvalue weighted by molar-refractivity contribution is -0.116. The van der Waals surface area contributed by atoms with Gasteiger partial charge in [0.05, 0.1) is 27.9 Å². The van der Waals surface area contributed by atoms with Crippen LogP contribution in [0, 0.1) is 6.92 Å². The van der Waals surface area contributed by atoms with E-state index in [4.69, 9.17) is 23.2 Å². The van der Waals surface area contributed by atoms with Gasteiger partial charge in [0.1, 0.15) is 5.82 Å². The Hall–Kier alpha value is -2.92. The van der Waals surface area contributed by atoms with Gasteiger partial charge in [-0.1, -0.05) is 65.3 Å². The maximum Gasteiger partial charge on any atom is 0.236 e. The molecule has 0 bridgehead atoms. The van der Waals surface area contributed by atoms with Crippen LogP contribution in [-0.4, -0.2) is 37.3 Å². The van der Waals surface area contributed by atoms with Crippen LogP contribution in [0.15, 0.2) is 53.7 Å². The normalized spacial score (nSPS) is 10.9. The predicted molar refractivity (Wildman–Crippen MR) is 141 cm³/mol. The van der Waals surface area contributed by atoms with Crippen LogP contribution in [0.2, 0.25) is 10.0 Å². The lowest BCUT2D eigenvalue weighted by Crippen LogP contribution is -2.17. The van der Waals surface area contributed by atoms with Crippen LogP contribution in [0.25, 0.3) is 11.3 Å². The molecule has 0 unspecified atom stereocenters. The van der Waals surface area contributed by atoms with Gasteiger partial charge in [-0.05, 0) is 25.1 Å². The van der Waals surface area contributed by atoms with E-state index in [0.29, 0.717) is 31.8 Å². The van der Waals surface area contributed by atoms with Gasteiger partial charge in [-0.25, -0.2) is 4.98 Å². The molecule has 4 rings (SSSR count). The lowest BCUT2D eigenvalue weighted by atomic mass is 10.1. The monoisotopic (exact) mass is 546 g/mol. The second-order valence-corrected chi connectivity index (χ2v) is 10.4. The number of halogens is 2. The van der Waals surface area contributed by atoms with Gasteiger partial charge in [-0.15, -0.1) is 21.5 Å². The first-order chi connectivity index (χ1) is 16.8. The molecule has 0 atom stereocenters. The van der Waals surface area contributed by atoms with Gasteiger partial charge in [0.25, 0.3) is 0 Å². The molecule has 12 heteroatoms. The quantitative estimate of drug-likeness (QED) is 0.284. The largest absolute Gasteiger partial charge is 0.326 e. The SMILES string of the molecule is Cc1sc(NC(=O)CSc2nnc(CC(=O)Nc3ccc(Cl)c(Cl)c3)n2C)nc1-c1ccccc1. The van der Waals surface area contributed by atoms with Gasteiger partial charge in [0.2, 0.25) is 11.8 Å². The van der Waals surface area contributed by atoms with Crippen LogP contribution in [0.5, 0.6) is 0 Å². The molecule has 2 heterocycles. The summed E-state index contributed by atoms with van der Waals surface area (Å²) in [6.07, 6.45) is 0.0111. The summed E-state index contributed by atoms with van der Waals surface area (Å²) in [7, 11) is 1.75. The zero-order chi connectivity index (χ0) is 24.9. The first kappa shape index (κ1) is 25.2. The van der Waals surface area contributed by atoms with Crippen molar-refractivity contribution in [1.29, 1.82) is 0 Å². The first-order valence-electron chi connectivity index (χ1n) is 10.4. The van der Waals surface area contributed by atoms with Crippen LogP contribution in [-0.2, 0) is 23.1 Å². The number of benzene rings is 2. The van der Waals surface area contributed by atoms with E-state index < -0.39 is 0 Å². The predicted octanol–water partition coefficient (Wildman–Crippen LogP) is 5.47. The molecule has 0 aliphatic heterocycles. The van der Waals surface area contributed by atoms with Crippen LogP contribution in [0.1, 0.15) is 10.7 Å². The highest BCUT2D eigenvalue weighted by Gasteiger charge is 2.16. The average Bonchev–Trinajstić information content (AvgIpc) is 3.37. The Labute approximate surface area is 220 Å². The minimum absolute atomic E-state index is 0.0111. The van der Waals surface area contributed by atoms with Crippen LogP contribution in [0.4, 0.5) is 10.8 Å². The van der Waals surface area contributed by atoms with Crippen molar-refractivity contribution in [2.75, 3.05) is 16.4 Å². The topological polar surface area (TPSA) is 102 Å². The molecule has 0 saturated carbocycles. The molecule has 0 fully saturated rings. The van der Waals surface area contributed by atoms with Gasteiger partial charge in [0.15, 0.2) is 10.3 Å². The number of rotatable bonds is 8. The molecule has 2 amide bonds. The van der Waals surface area contributed by atoms with E-state index in [1.165, 1.54) is 23.1 Å². The molecule has 2 aromatic heterocycles. The molecule has 4 aromatic rings. The summed E-state index contributed by atoms with van der Waals surface area (Å²) < 4.78 is 1.69. The van der Waals surface area contributed by atoms with E-state index in [1.54, 1.807) is 29.8 Å². The highest BCUT2D eigenvalue weighted by molar-refractivity contribution is 7.99. The number of nitrogens with one attached hydrogen (secondary N) is 2. The standard InChI is InChI=1S/C23H20Cl2N6O2S2/c1-13-21(14-6-4-3-5-7-14)28-22(35-13)27-20(33)12-34-23-30-29-18(31(23)2)11-19(32)26-15-8-9-16(24)17(25)10-15/h3-10H,11-12H2,1-2H3,(H,26,32)(H,27,28,33). The van der Waals surface area contributed by atoms with Crippen molar-refractivity contribution in [2.24, 2.45) is 7.05 Å². The summed E-state index contributed by atoms with van der Waals surface area (Å²) >= 11 is 14.5. The minimum Gasteiger partial charge on any atom is -0.326 e. The third-order valence-electron chi connectivity index (χ3n) is 4.87. The maximum absolute atomic E-state index is 12.5. The number of anilines is 2. The van der Waals surface area contributed by atoms with E-state index in [9.17, 15) is 9.59 Å². The first-order valence-corrected chi connectivity index (χ1v) is 12.9. The number of nitrogens with zero attached hydrogens (tertiary/aromatic N) is 4. The van der Waals surface area contributed by atoms with Gasteiger partial charge in [-0.2, -0.15) is 0 Å². The molecule has 0 aliphatic rings. The Balaban J connectivity index is 1.31. The van der Waals surface area contributed by atoms with Gasteiger partial charge in [-0.3, -0.25) is 9.59 Å².